The zero-order valence-corrected chi connectivity index (χ0v) is 10.5. The first kappa shape index (κ1) is 11.8. The normalized spacial score (nSPS) is 11.0. The number of hydrogen-bond acceptors (Lipinski definition) is 4. The SMILES string of the molecule is CCc1cc(CNCc2nncn2C)n(C)n1. The molecule has 1 N–H and O–H groups in total. The van der Waals surface area contributed by atoms with Gasteiger partial charge in [-0.15, -0.1) is 10.2 Å². The third-order valence-electron chi connectivity index (χ3n) is 2.78. The molecule has 6 heteroatoms. The fourth-order valence-electron chi connectivity index (χ4n) is 1.68. The topological polar surface area (TPSA) is 60.6 Å². The maximum absolute atomic E-state index is 4.41. The molecule has 0 amide bonds. The highest BCUT2D eigenvalue weighted by atomic mass is 15.3. The molecule has 0 unspecified atom stereocenters. The summed E-state index contributed by atoms with van der Waals surface area (Å²) in [7, 11) is 3.91. The van der Waals surface area contributed by atoms with Crippen molar-refractivity contribution >= 4 is 0 Å². The molecule has 0 saturated carbocycles. The molecule has 0 spiro atoms. The summed E-state index contributed by atoms with van der Waals surface area (Å²) >= 11 is 0. The number of nitrogens with one attached hydrogen (secondary N) is 1. The van der Waals surface area contributed by atoms with Gasteiger partial charge in [0.25, 0.3) is 0 Å². The van der Waals surface area contributed by atoms with Crippen molar-refractivity contribution < 1.29 is 0 Å². The number of hydrogen-bond donors (Lipinski definition) is 1. The number of aryl methyl sites for hydroxylation is 3. The lowest BCUT2D eigenvalue weighted by Crippen LogP contribution is -2.17. The summed E-state index contributed by atoms with van der Waals surface area (Å²) in [4.78, 5) is 0. The standard InChI is InChI=1S/C11H18N6/c1-4-9-5-10(17(3)15-9)6-12-7-11-14-13-8-16(11)2/h5,8,12H,4,6-7H2,1-3H3. The van der Waals surface area contributed by atoms with Gasteiger partial charge in [-0.1, -0.05) is 6.92 Å². The van der Waals surface area contributed by atoms with Crippen LogP contribution in [0.3, 0.4) is 0 Å². The van der Waals surface area contributed by atoms with Gasteiger partial charge in [-0.25, -0.2) is 0 Å². The third-order valence-corrected chi connectivity index (χ3v) is 2.78. The van der Waals surface area contributed by atoms with E-state index >= 15 is 0 Å². The van der Waals surface area contributed by atoms with Gasteiger partial charge in [0.1, 0.15) is 12.2 Å². The Morgan fingerprint density at radius 3 is 2.71 bits per heavy atom. The molecule has 2 aromatic rings. The van der Waals surface area contributed by atoms with Gasteiger partial charge in [-0.3, -0.25) is 4.68 Å². The number of nitrogens with zero attached hydrogens (tertiary/aromatic N) is 5. The Morgan fingerprint density at radius 1 is 1.29 bits per heavy atom. The van der Waals surface area contributed by atoms with Gasteiger partial charge >= 0.3 is 0 Å². The molecule has 0 bridgehead atoms. The van der Waals surface area contributed by atoms with Gasteiger partial charge in [0.2, 0.25) is 0 Å². The lowest BCUT2D eigenvalue weighted by molar-refractivity contribution is 0.597. The molecule has 0 aliphatic carbocycles. The van der Waals surface area contributed by atoms with Crippen LogP contribution in [0.15, 0.2) is 12.4 Å². The molecular formula is C11H18N6. The van der Waals surface area contributed by atoms with Crippen LogP contribution in [-0.4, -0.2) is 24.5 Å². The molecule has 0 aromatic carbocycles. The van der Waals surface area contributed by atoms with E-state index in [0.29, 0.717) is 6.54 Å². The van der Waals surface area contributed by atoms with E-state index in [1.165, 1.54) is 5.69 Å². The maximum atomic E-state index is 4.41. The van der Waals surface area contributed by atoms with E-state index in [-0.39, 0.29) is 0 Å². The molecular weight excluding hydrogens is 216 g/mol. The predicted octanol–water partition coefficient (Wildman–Crippen LogP) is 0.401. The molecule has 0 saturated heterocycles. The van der Waals surface area contributed by atoms with Crippen LogP contribution in [-0.2, 0) is 33.6 Å². The van der Waals surface area contributed by atoms with E-state index in [2.05, 4.69) is 33.6 Å². The predicted molar refractivity (Wildman–Crippen MR) is 64.1 cm³/mol. The van der Waals surface area contributed by atoms with Crippen molar-refractivity contribution in [2.24, 2.45) is 14.1 Å². The molecule has 2 heterocycles. The van der Waals surface area contributed by atoms with Gasteiger partial charge in [0.05, 0.1) is 17.9 Å². The van der Waals surface area contributed by atoms with Crippen molar-refractivity contribution in [3.05, 3.63) is 29.6 Å². The summed E-state index contributed by atoms with van der Waals surface area (Å²) < 4.78 is 3.83. The molecule has 6 nitrogen and oxygen atoms in total. The summed E-state index contributed by atoms with van der Waals surface area (Å²) in [5.74, 6) is 0.933. The van der Waals surface area contributed by atoms with E-state index in [1.54, 1.807) is 6.33 Å². The highest BCUT2D eigenvalue weighted by Gasteiger charge is 2.04. The minimum Gasteiger partial charge on any atom is -0.320 e. The first-order valence-corrected chi connectivity index (χ1v) is 5.76. The van der Waals surface area contributed by atoms with Crippen LogP contribution < -0.4 is 5.32 Å². The van der Waals surface area contributed by atoms with Crippen LogP contribution in [0, 0.1) is 0 Å². The van der Waals surface area contributed by atoms with Gasteiger partial charge in [0.15, 0.2) is 0 Å². The average molecular weight is 234 g/mol. The smallest absolute Gasteiger partial charge is 0.146 e. The first-order chi connectivity index (χ1) is 8.20. The monoisotopic (exact) mass is 234 g/mol. The van der Waals surface area contributed by atoms with Gasteiger partial charge in [-0.2, -0.15) is 5.10 Å². The minimum atomic E-state index is 0.711. The Bertz CT molecular complexity index is 484. The van der Waals surface area contributed by atoms with Gasteiger partial charge < -0.3 is 9.88 Å². The van der Waals surface area contributed by atoms with Gasteiger partial charge in [0, 0.05) is 20.6 Å². The molecule has 17 heavy (non-hydrogen) atoms. The highest BCUT2D eigenvalue weighted by molar-refractivity contribution is 5.09. The Labute approximate surface area is 101 Å². The Morgan fingerprint density at radius 2 is 2.12 bits per heavy atom. The van der Waals surface area contributed by atoms with Crippen molar-refractivity contribution in [1.82, 2.24) is 29.9 Å². The Balaban J connectivity index is 1.90. The summed E-state index contributed by atoms with van der Waals surface area (Å²) in [5.41, 5.74) is 2.31. The molecule has 0 aliphatic heterocycles. The number of rotatable bonds is 5. The Hall–Kier alpha value is -1.69. The quantitative estimate of drug-likeness (QED) is 0.813. The molecule has 2 rings (SSSR count). The van der Waals surface area contributed by atoms with Crippen molar-refractivity contribution in [3.8, 4) is 0 Å². The van der Waals surface area contributed by atoms with Crippen LogP contribution in [0.4, 0.5) is 0 Å². The maximum Gasteiger partial charge on any atom is 0.146 e. The molecule has 0 atom stereocenters. The second-order valence-corrected chi connectivity index (χ2v) is 4.07. The van der Waals surface area contributed by atoms with Crippen LogP contribution in [0.25, 0.3) is 0 Å². The lowest BCUT2D eigenvalue weighted by atomic mass is 10.3. The fraction of sp³-hybridized carbons (Fsp3) is 0.545. The van der Waals surface area contributed by atoms with Crippen molar-refractivity contribution in [3.63, 3.8) is 0 Å². The van der Waals surface area contributed by atoms with E-state index < -0.39 is 0 Å². The molecule has 0 aliphatic rings. The van der Waals surface area contributed by atoms with E-state index in [1.807, 2.05) is 23.3 Å². The summed E-state index contributed by atoms with van der Waals surface area (Å²) in [5, 5.41) is 15.6. The summed E-state index contributed by atoms with van der Waals surface area (Å²) in [6.45, 7) is 3.61. The molecule has 0 fully saturated rings. The molecule has 2 aromatic heterocycles. The van der Waals surface area contributed by atoms with Crippen molar-refractivity contribution in [1.29, 1.82) is 0 Å². The van der Waals surface area contributed by atoms with Crippen molar-refractivity contribution in [2.75, 3.05) is 0 Å². The third kappa shape index (κ3) is 2.71. The second-order valence-electron chi connectivity index (χ2n) is 4.07. The molecule has 92 valence electrons. The van der Waals surface area contributed by atoms with Gasteiger partial charge in [-0.05, 0) is 12.5 Å². The average Bonchev–Trinajstić information content (AvgIpc) is 2.87. The zero-order chi connectivity index (χ0) is 12.3. The van der Waals surface area contributed by atoms with E-state index in [9.17, 15) is 0 Å². The lowest BCUT2D eigenvalue weighted by Gasteiger charge is -2.04. The largest absolute Gasteiger partial charge is 0.320 e. The van der Waals surface area contributed by atoms with Crippen LogP contribution in [0.1, 0.15) is 24.1 Å². The summed E-state index contributed by atoms with van der Waals surface area (Å²) in [6, 6.07) is 2.13. The zero-order valence-electron chi connectivity index (χ0n) is 10.5. The number of aromatic nitrogens is 5. The van der Waals surface area contributed by atoms with Crippen LogP contribution >= 0.6 is 0 Å². The van der Waals surface area contributed by atoms with Crippen LogP contribution in [0.2, 0.25) is 0 Å². The fourth-order valence-corrected chi connectivity index (χ4v) is 1.68. The summed E-state index contributed by atoms with van der Waals surface area (Å²) in [6.07, 6.45) is 2.67. The van der Waals surface area contributed by atoms with E-state index in [4.69, 9.17) is 0 Å². The van der Waals surface area contributed by atoms with Crippen LogP contribution in [0.5, 0.6) is 0 Å². The minimum absolute atomic E-state index is 0.711. The first-order valence-electron chi connectivity index (χ1n) is 5.76. The second kappa shape index (κ2) is 5.09. The Kier molecular flexibility index (Phi) is 3.53. The van der Waals surface area contributed by atoms with E-state index in [0.717, 1.165) is 24.5 Å². The van der Waals surface area contributed by atoms with Crippen molar-refractivity contribution in [2.45, 2.75) is 26.4 Å². The highest BCUT2D eigenvalue weighted by Crippen LogP contribution is 2.03. The molecule has 0 radical (unpaired) electrons.